The van der Waals surface area contributed by atoms with Gasteiger partial charge < -0.3 is 14.5 Å². The maximum Gasteiger partial charge on any atom is 0.348 e. The molecule has 1 N–H and O–H groups in total. The maximum absolute atomic E-state index is 12.5. The lowest BCUT2D eigenvalue weighted by Gasteiger charge is -2.19. The molecule has 0 unspecified atom stereocenters. The molecule has 0 aliphatic carbocycles. The summed E-state index contributed by atoms with van der Waals surface area (Å²) in [5.74, 6) is 0.118. The second-order valence-corrected chi connectivity index (χ2v) is 7.14. The summed E-state index contributed by atoms with van der Waals surface area (Å²) in [4.78, 5) is 35.2. The van der Waals surface area contributed by atoms with Crippen LogP contribution in [-0.4, -0.2) is 54.3 Å². The zero-order valence-corrected chi connectivity index (χ0v) is 16.5. The van der Waals surface area contributed by atoms with Crippen molar-refractivity contribution in [3.05, 3.63) is 38.8 Å². The number of aromatic amines is 1. The molecule has 7 nitrogen and oxygen atoms in total. The fourth-order valence-electron chi connectivity index (χ4n) is 2.61. The Morgan fingerprint density at radius 2 is 2.12 bits per heavy atom. The zero-order valence-electron chi connectivity index (χ0n) is 15.7. The second kappa shape index (κ2) is 9.07. The third-order valence-corrected chi connectivity index (χ3v) is 5.04. The molecule has 2 aromatic heterocycles. The van der Waals surface area contributed by atoms with Crippen molar-refractivity contribution in [2.24, 2.45) is 0 Å². The minimum Gasteiger partial charge on any atom is -0.459 e. The number of carbonyl (C=O) groups excluding carboxylic acids is 1. The summed E-state index contributed by atoms with van der Waals surface area (Å²) >= 11 is 1.18. The number of aryl methyl sites for hydroxylation is 1. The molecule has 0 aromatic carbocycles. The quantitative estimate of drug-likeness (QED) is 0.409. The number of esters is 1. The predicted molar refractivity (Wildman–Crippen MR) is 103 cm³/mol. The van der Waals surface area contributed by atoms with Crippen LogP contribution in [0.3, 0.4) is 0 Å². The molecule has 142 valence electrons. The summed E-state index contributed by atoms with van der Waals surface area (Å²) in [6.07, 6.45) is 0. The van der Waals surface area contributed by atoms with E-state index in [1.54, 1.807) is 6.92 Å². The van der Waals surface area contributed by atoms with Crippen LogP contribution in [0, 0.1) is 6.92 Å². The first kappa shape index (κ1) is 20.3. The van der Waals surface area contributed by atoms with Crippen LogP contribution in [0.2, 0.25) is 0 Å². The summed E-state index contributed by atoms with van der Waals surface area (Å²) in [6, 6.07) is 0. The number of methoxy groups -OCH3 is 1. The van der Waals surface area contributed by atoms with E-state index in [-0.39, 0.29) is 12.2 Å². The highest BCUT2D eigenvalue weighted by atomic mass is 32.1. The van der Waals surface area contributed by atoms with Gasteiger partial charge in [0.25, 0.3) is 5.56 Å². The van der Waals surface area contributed by atoms with Crippen LogP contribution in [0.25, 0.3) is 10.2 Å². The van der Waals surface area contributed by atoms with Crippen molar-refractivity contribution in [3.63, 3.8) is 0 Å². The van der Waals surface area contributed by atoms with Gasteiger partial charge in [0.2, 0.25) is 0 Å². The van der Waals surface area contributed by atoms with Crippen molar-refractivity contribution >= 4 is 27.5 Å². The molecule has 0 aliphatic heterocycles. The molecule has 8 heteroatoms. The number of ether oxygens (including phenoxy) is 2. The Morgan fingerprint density at radius 3 is 2.73 bits per heavy atom. The minimum absolute atomic E-state index is 0.171. The first-order valence-corrected chi connectivity index (χ1v) is 9.24. The fourth-order valence-corrected chi connectivity index (χ4v) is 3.71. The zero-order chi connectivity index (χ0) is 19.3. The Kier molecular flexibility index (Phi) is 7.07. The second-order valence-electron chi connectivity index (χ2n) is 6.14. The first-order valence-electron chi connectivity index (χ1n) is 8.42. The average Bonchev–Trinajstić information content (AvgIpc) is 2.91. The summed E-state index contributed by atoms with van der Waals surface area (Å²) in [5, 5.41) is 0.445. The number of hydrogen-bond acceptors (Lipinski definition) is 7. The number of thiophene rings is 1. The first-order chi connectivity index (χ1) is 12.4. The molecule has 0 atom stereocenters. The molecule has 0 radical (unpaired) electrons. The van der Waals surface area contributed by atoms with Crippen molar-refractivity contribution in [1.82, 2.24) is 14.9 Å². The largest absolute Gasteiger partial charge is 0.459 e. The van der Waals surface area contributed by atoms with Crippen LogP contribution >= 0.6 is 11.3 Å². The molecule has 0 spiro atoms. The Labute approximate surface area is 156 Å². The van der Waals surface area contributed by atoms with E-state index in [0.29, 0.717) is 39.6 Å². The van der Waals surface area contributed by atoms with Gasteiger partial charge in [-0.2, -0.15) is 0 Å². The van der Waals surface area contributed by atoms with Crippen molar-refractivity contribution in [3.8, 4) is 0 Å². The fraction of sp³-hybridized carbons (Fsp3) is 0.500. The molecule has 0 amide bonds. The van der Waals surface area contributed by atoms with Crippen molar-refractivity contribution in [2.75, 3.05) is 33.4 Å². The molecule has 26 heavy (non-hydrogen) atoms. The van der Waals surface area contributed by atoms with Gasteiger partial charge in [-0.15, -0.1) is 11.3 Å². The molecule has 0 aliphatic rings. The van der Waals surface area contributed by atoms with Gasteiger partial charge in [0, 0.05) is 13.7 Å². The number of nitrogens with one attached hydrogen (secondary N) is 1. The monoisotopic (exact) mass is 379 g/mol. The smallest absolute Gasteiger partial charge is 0.348 e. The van der Waals surface area contributed by atoms with E-state index >= 15 is 0 Å². The van der Waals surface area contributed by atoms with Crippen LogP contribution in [0.4, 0.5) is 0 Å². The van der Waals surface area contributed by atoms with E-state index in [1.807, 2.05) is 13.8 Å². The third kappa shape index (κ3) is 4.78. The molecular formula is C18H25N3O4S. The van der Waals surface area contributed by atoms with E-state index < -0.39 is 5.97 Å². The predicted octanol–water partition coefficient (Wildman–Crippen LogP) is 2.49. The average molecular weight is 379 g/mol. The van der Waals surface area contributed by atoms with E-state index in [1.165, 1.54) is 18.4 Å². The van der Waals surface area contributed by atoms with Crippen molar-refractivity contribution < 1.29 is 14.3 Å². The molecule has 0 saturated carbocycles. The lowest BCUT2D eigenvalue weighted by molar-refractivity contribution is 0.0393. The lowest BCUT2D eigenvalue weighted by atomic mass is 10.2. The highest BCUT2D eigenvalue weighted by Gasteiger charge is 2.20. The van der Waals surface area contributed by atoms with Gasteiger partial charge in [-0.3, -0.25) is 9.69 Å². The van der Waals surface area contributed by atoms with Gasteiger partial charge in [-0.1, -0.05) is 19.1 Å². The van der Waals surface area contributed by atoms with Crippen LogP contribution in [0.1, 0.15) is 34.9 Å². The molecule has 0 fully saturated rings. The molecule has 0 saturated heterocycles. The van der Waals surface area contributed by atoms with E-state index in [0.717, 1.165) is 18.7 Å². The highest BCUT2D eigenvalue weighted by molar-refractivity contribution is 7.20. The van der Waals surface area contributed by atoms with Gasteiger partial charge >= 0.3 is 5.97 Å². The van der Waals surface area contributed by atoms with Gasteiger partial charge in [0.1, 0.15) is 22.1 Å². The van der Waals surface area contributed by atoms with E-state index in [4.69, 9.17) is 9.47 Å². The molecule has 0 bridgehead atoms. The minimum atomic E-state index is -0.457. The van der Waals surface area contributed by atoms with Crippen LogP contribution < -0.4 is 5.56 Å². The van der Waals surface area contributed by atoms with Crippen molar-refractivity contribution in [2.45, 2.75) is 27.3 Å². The van der Waals surface area contributed by atoms with Crippen LogP contribution in [0.15, 0.2) is 16.9 Å². The number of likely N-dealkylation sites (N-methyl/N-ethyl adjacent to an activating group) is 1. The normalized spacial score (nSPS) is 11.3. The van der Waals surface area contributed by atoms with Gasteiger partial charge in [0.15, 0.2) is 0 Å². The lowest BCUT2D eigenvalue weighted by Crippen LogP contribution is -2.27. The Bertz CT molecular complexity index is 856. The van der Waals surface area contributed by atoms with Gasteiger partial charge in [0.05, 0.1) is 18.5 Å². The summed E-state index contributed by atoms with van der Waals surface area (Å²) < 4.78 is 10.0. The van der Waals surface area contributed by atoms with Gasteiger partial charge in [-0.05, 0) is 26.0 Å². The number of carbonyl (C=O) groups is 1. The summed E-state index contributed by atoms with van der Waals surface area (Å²) in [5.41, 5.74) is 1.41. The van der Waals surface area contributed by atoms with Crippen molar-refractivity contribution in [1.29, 1.82) is 0 Å². The number of fused-ring (bicyclic) bond motifs is 1. The Balaban J connectivity index is 2.31. The number of aromatic nitrogens is 2. The Morgan fingerprint density at radius 1 is 1.38 bits per heavy atom. The van der Waals surface area contributed by atoms with E-state index in [2.05, 4.69) is 21.4 Å². The number of hydrogen-bond donors (Lipinski definition) is 1. The number of H-pyrrole nitrogens is 1. The Hall–Kier alpha value is -2.03. The molecular weight excluding hydrogens is 354 g/mol. The topological polar surface area (TPSA) is 84.5 Å². The molecule has 2 aromatic rings. The standard InChI is InChI=1S/C18H25N3O4S/c1-6-21(9-11(2)3)10-13-19-16(22)14-12(4)15(26-17(14)20-13)18(23)25-8-7-24-5/h2,6-10H2,1,3-5H3,(H,19,20,22). The SMILES string of the molecule is C=C(C)CN(CC)Cc1nc2sc(C(=O)OCCOC)c(C)c2c(=O)[nH]1. The maximum atomic E-state index is 12.5. The highest BCUT2D eigenvalue weighted by Crippen LogP contribution is 2.27. The number of rotatable bonds is 9. The molecule has 2 rings (SSSR count). The van der Waals surface area contributed by atoms with Crippen LogP contribution in [0.5, 0.6) is 0 Å². The number of nitrogens with zero attached hydrogens (tertiary/aromatic N) is 2. The molecule has 2 heterocycles. The summed E-state index contributed by atoms with van der Waals surface area (Å²) in [7, 11) is 1.54. The van der Waals surface area contributed by atoms with Gasteiger partial charge in [-0.25, -0.2) is 9.78 Å². The third-order valence-electron chi connectivity index (χ3n) is 3.87. The summed E-state index contributed by atoms with van der Waals surface area (Å²) in [6.45, 7) is 12.2. The van der Waals surface area contributed by atoms with E-state index in [9.17, 15) is 9.59 Å². The van der Waals surface area contributed by atoms with Crippen LogP contribution in [-0.2, 0) is 16.0 Å².